The van der Waals surface area contributed by atoms with Gasteiger partial charge in [-0.1, -0.05) is 0 Å². The first kappa shape index (κ1) is 10.7. The van der Waals surface area contributed by atoms with Crippen LogP contribution in [-0.4, -0.2) is 15.0 Å². The number of nitrogens with two attached hydrogens (primary N) is 1. The number of aromatic nitrogens is 3. The quantitative estimate of drug-likeness (QED) is 0.828. The highest BCUT2D eigenvalue weighted by atomic mass is 14.9. The van der Waals surface area contributed by atoms with Gasteiger partial charge in [-0.15, -0.1) is 0 Å². The number of hydrogen-bond donors (Lipinski definition) is 1. The molecule has 0 amide bonds. The molecule has 16 heavy (non-hydrogen) atoms. The van der Waals surface area contributed by atoms with Crippen LogP contribution in [0.1, 0.15) is 24.5 Å². The Kier molecular flexibility index (Phi) is 2.92. The topological polar surface area (TPSA) is 64.7 Å². The monoisotopic (exact) mass is 214 g/mol. The Bertz CT molecular complexity index is 480. The van der Waals surface area contributed by atoms with E-state index in [0.29, 0.717) is 5.82 Å². The molecule has 0 aliphatic rings. The van der Waals surface area contributed by atoms with E-state index in [2.05, 4.69) is 15.0 Å². The van der Waals surface area contributed by atoms with Crippen molar-refractivity contribution >= 4 is 0 Å². The zero-order valence-corrected chi connectivity index (χ0v) is 9.38. The molecule has 4 nitrogen and oxygen atoms in total. The molecule has 4 heteroatoms. The SMILES string of the molecule is Cc1cc(-c2ccncc2)nc(C(C)N)n1. The molecular weight excluding hydrogens is 200 g/mol. The summed E-state index contributed by atoms with van der Waals surface area (Å²) in [5.74, 6) is 0.673. The molecule has 0 bridgehead atoms. The summed E-state index contributed by atoms with van der Waals surface area (Å²) in [5, 5.41) is 0. The number of nitrogens with zero attached hydrogens (tertiary/aromatic N) is 3. The van der Waals surface area contributed by atoms with Crippen LogP contribution in [0.25, 0.3) is 11.3 Å². The fourth-order valence-electron chi connectivity index (χ4n) is 1.47. The third-order valence-corrected chi connectivity index (χ3v) is 2.25. The Morgan fingerprint density at radius 3 is 2.50 bits per heavy atom. The first-order chi connectivity index (χ1) is 7.66. The maximum absolute atomic E-state index is 5.79. The predicted octanol–water partition coefficient (Wildman–Crippen LogP) is 1.87. The first-order valence-corrected chi connectivity index (χ1v) is 5.18. The van der Waals surface area contributed by atoms with Gasteiger partial charge in [-0.05, 0) is 32.0 Å². The van der Waals surface area contributed by atoms with E-state index < -0.39 is 0 Å². The molecule has 2 N–H and O–H groups in total. The minimum absolute atomic E-state index is 0.152. The normalized spacial score (nSPS) is 12.4. The highest BCUT2D eigenvalue weighted by molar-refractivity contribution is 5.58. The van der Waals surface area contributed by atoms with Gasteiger partial charge in [0, 0.05) is 23.7 Å². The van der Waals surface area contributed by atoms with Crippen molar-refractivity contribution in [1.82, 2.24) is 15.0 Å². The molecular formula is C12H14N4. The highest BCUT2D eigenvalue weighted by Crippen LogP contribution is 2.18. The fourth-order valence-corrected chi connectivity index (χ4v) is 1.47. The molecule has 0 radical (unpaired) electrons. The van der Waals surface area contributed by atoms with Crippen LogP contribution in [-0.2, 0) is 0 Å². The summed E-state index contributed by atoms with van der Waals surface area (Å²) in [6, 6.07) is 5.64. The molecule has 0 aromatic carbocycles. The molecule has 2 aromatic heterocycles. The average molecular weight is 214 g/mol. The van der Waals surface area contributed by atoms with Crippen LogP contribution >= 0.6 is 0 Å². The van der Waals surface area contributed by atoms with Crippen molar-refractivity contribution in [2.24, 2.45) is 5.73 Å². The van der Waals surface area contributed by atoms with Gasteiger partial charge in [0.25, 0.3) is 0 Å². The molecule has 1 unspecified atom stereocenters. The highest BCUT2D eigenvalue weighted by Gasteiger charge is 2.07. The molecule has 0 aliphatic carbocycles. The van der Waals surface area contributed by atoms with Crippen LogP contribution in [0.15, 0.2) is 30.6 Å². The lowest BCUT2D eigenvalue weighted by Crippen LogP contribution is -2.11. The summed E-state index contributed by atoms with van der Waals surface area (Å²) < 4.78 is 0. The third kappa shape index (κ3) is 2.23. The van der Waals surface area contributed by atoms with Gasteiger partial charge in [0.15, 0.2) is 0 Å². The summed E-state index contributed by atoms with van der Waals surface area (Å²) in [7, 11) is 0. The largest absolute Gasteiger partial charge is 0.322 e. The second kappa shape index (κ2) is 4.37. The van der Waals surface area contributed by atoms with Gasteiger partial charge in [-0.25, -0.2) is 9.97 Å². The van der Waals surface area contributed by atoms with Gasteiger partial charge >= 0.3 is 0 Å². The minimum atomic E-state index is -0.152. The molecule has 0 fully saturated rings. The molecule has 82 valence electrons. The Morgan fingerprint density at radius 2 is 1.88 bits per heavy atom. The van der Waals surface area contributed by atoms with E-state index in [9.17, 15) is 0 Å². The lowest BCUT2D eigenvalue weighted by Gasteiger charge is -2.08. The minimum Gasteiger partial charge on any atom is -0.322 e. The van der Waals surface area contributed by atoms with Gasteiger partial charge < -0.3 is 5.73 Å². The van der Waals surface area contributed by atoms with E-state index in [1.54, 1.807) is 12.4 Å². The van der Waals surface area contributed by atoms with Crippen LogP contribution in [0.5, 0.6) is 0 Å². The number of pyridine rings is 1. The zero-order valence-electron chi connectivity index (χ0n) is 9.38. The van der Waals surface area contributed by atoms with Crippen molar-refractivity contribution in [3.63, 3.8) is 0 Å². The lowest BCUT2D eigenvalue weighted by atomic mass is 10.1. The smallest absolute Gasteiger partial charge is 0.145 e. The molecule has 0 aliphatic heterocycles. The van der Waals surface area contributed by atoms with Crippen LogP contribution in [0.2, 0.25) is 0 Å². The van der Waals surface area contributed by atoms with E-state index in [1.807, 2.05) is 32.0 Å². The molecule has 0 saturated carbocycles. The molecule has 0 spiro atoms. The number of rotatable bonds is 2. The average Bonchev–Trinajstić information content (AvgIpc) is 2.29. The predicted molar refractivity (Wildman–Crippen MR) is 62.6 cm³/mol. The van der Waals surface area contributed by atoms with Gasteiger partial charge in [0.05, 0.1) is 11.7 Å². The summed E-state index contributed by atoms with van der Waals surface area (Å²) in [6.07, 6.45) is 3.50. The van der Waals surface area contributed by atoms with E-state index in [0.717, 1.165) is 17.0 Å². The van der Waals surface area contributed by atoms with Crippen molar-refractivity contribution < 1.29 is 0 Å². The number of aryl methyl sites for hydroxylation is 1. The molecule has 1 atom stereocenters. The van der Waals surface area contributed by atoms with Crippen molar-refractivity contribution in [3.8, 4) is 11.3 Å². The Hall–Kier alpha value is -1.81. The Labute approximate surface area is 94.6 Å². The van der Waals surface area contributed by atoms with Crippen molar-refractivity contribution in [2.75, 3.05) is 0 Å². The fraction of sp³-hybridized carbons (Fsp3) is 0.250. The van der Waals surface area contributed by atoms with Crippen LogP contribution in [0.4, 0.5) is 0 Å². The van der Waals surface area contributed by atoms with Crippen LogP contribution < -0.4 is 5.73 Å². The maximum atomic E-state index is 5.79. The van der Waals surface area contributed by atoms with Gasteiger partial charge in [0.1, 0.15) is 5.82 Å². The van der Waals surface area contributed by atoms with Crippen LogP contribution in [0, 0.1) is 6.92 Å². The molecule has 2 aromatic rings. The van der Waals surface area contributed by atoms with E-state index in [-0.39, 0.29) is 6.04 Å². The second-order valence-electron chi connectivity index (χ2n) is 3.78. The summed E-state index contributed by atoms with van der Waals surface area (Å²) >= 11 is 0. The van der Waals surface area contributed by atoms with E-state index in [4.69, 9.17) is 5.73 Å². The second-order valence-corrected chi connectivity index (χ2v) is 3.78. The summed E-state index contributed by atoms with van der Waals surface area (Å²) in [6.45, 7) is 3.82. The molecule has 2 heterocycles. The van der Waals surface area contributed by atoms with Crippen molar-refractivity contribution in [2.45, 2.75) is 19.9 Å². The number of hydrogen-bond acceptors (Lipinski definition) is 4. The third-order valence-electron chi connectivity index (χ3n) is 2.25. The van der Waals surface area contributed by atoms with Gasteiger partial charge in [-0.2, -0.15) is 0 Å². The molecule has 2 rings (SSSR count). The van der Waals surface area contributed by atoms with Crippen LogP contribution in [0.3, 0.4) is 0 Å². The Balaban J connectivity index is 2.50. The van der Waals surface area contributed by atoms with Crippen molar-refractivity contribution in [1.29, 1.82) is 0 Å². The zero-order chi connectivity index (χ0) is 11.5. The van der Waals surface area contributed by atoms with Crippen molar-refractivity contribution in [3.05, 3.63) is 42.1 Å². The molecule has 0 saturated heterocycles. The standard InChI is InChI=1S/C12H14N4/c1-8-7-11(10-3-5-14-6-4-10)16-12(15-8)9(2)13/h3-7,9H,13H2,1-2H3. The van der Waals surface area contributed by atoms with Gasteiger partial charge in [-0.3, -0.25) is 4.98 Å². The maximum Gasteiger partial charge on any atom is 0.145 e. The first-order valence-electron chi connectivity index (χ1n) is 5.18. The lowest BCUT2D eigenvalue weighted by molar-refractivity contribution is 0.735. The summed E-state index contributed by atoms with van der Waals surface area (Å²) in [5.41, 5.74) is 8.64. The van der Waals surface area contributed by atoms with Gasteiger partial charge in [0.2, 0.25) is 0 Å². The van der Waals surface area contributed by atoms with E-state index >= 15 is 0 Å². The Morgan fingerprint density at radius 1 is 1.19 bits per heavy atom. The summed E-state index contributed by atoms with van der Waals surface area (Å²) in [4.78, 5) is 12.7. The van der Waals surface area contributed by atoms with E-state index in [1.165, 1.54) is 0 Å².